The number of hydrogen-bond donors (Lipinski definition) is 2. The second-order valence-electron chi connectivity index (χ2n) is 8.09. The smallest absolute Gasteiger partial charge is 0.252 e. The van der Waals surface area contributed by atoms with Crippen molar-refractivity contribution < 1.29 is 9.53 Å². The zero-order valence-corrected chi connectivity index (χ0v) is 19.0. The Labute approximate surface area is 197 Å². The van der Waals surface area contributed by atoms with Crippen LogP contribution in [0, 0.1) is 6.92 Å². The van der Waals surface area contributed by atoms with E-state index in [1.807, 2.05) is 91.9 Å². The van der Waals surface area contributed by atoms with Gasteiger partial charge in [0.15, 0.2) is 5.65 Å². The first-order valence-electron chi connectivity index (χ1n) is 11.1. The molecule has 0 aliphatic rings. The van der Waals surface area contributed by atoms with E-state index in [0.29, 0.717) is 34.6 Å². The van der Waals surface area contributed by atoms with Crippen molar-refractivity contribution in [2.45, 2.75) is 13.5 Å². The summed E-state index contributed by atoms with van der Waals surface area (Å²) in [6.45, 7) is 2.46. The van der Waals surface area contributed by atoms with Gasteiger partial charge in [-0.1, -0.05) is 72.3 Å². The number of nitrogens with one attached hydrogen (secondary N) is 2. The van der Waals surface area contributed by atoms with Crippen LogP contribution in [0.1, 0.15) is 21.5 Å². The molecule has 0 bridgehead atoms. The first-order valence-corrected chi connectivity index (χ1v) is 11.1. The number of aromatic amines is 1. The molecule has 5 rings (SSSR count). The molecule has 0 saturated carbocycles. The van der Waals surface area contributed by atoms with Crippen molar-refractivity contribution in [2.75, 3.05) is 7.11 Å². The lowest BCUT2D eigenvalue weighted by atomic mass is 10.0. The number of carbonyl (C=O) groups excluding carboxylic acids is 1. The second-order valence-corrected chi connectivity index (χ2v) is 8.09. The predicted molar refractivity (Wildman–Crippen MR) is 134 cm³/mol. The van der Waals surface area contributed by atoms with Gasteiger partial charge in [-0.05, 0) is 30.7 Å². The summed E-state index contributed by atoms with van der Waals surface area (Å²) in [5.74, 6) is 0.487. The zero-order valence-electron chi connectivity index (χ0n) is 19.0. The van der Waals surface area contributed by atoms with Crippen LogP contribution in [0.2, 0.25) is 0 Å². The Balaban J connectivity index is 1.64. The highest BCUT2D eigenvalue weighted by Crippen LogP contribution is 2.34. The van der Waals surface area contributed by atoms with Gasteiger partial charge < -0.3 is 10.1 Å². The molecule has 2 aromatic heterocycles. The van der Waals surface area contributed by atoms with Crippen LogP contribution in [-0.4, -0.2) is 28.2 Å². The standard InChI is InChI=1S/C28H24N4O2/c1-18-12-14-20(15-13-18)26-25-22(28(33)29-17-19-8-4-3-5-9-19)16-23(30-27(25)32-31-26)21-10-6-7-11-24(21)34-2/h3-16H,17H2,1-2H3,(H,29,33)(H,30,31,32). The van der Waals surface area contributed by atoms with E-state index in [2.05, 4.69) is 15.5 Å². The number of pyridine rings is 1. The fourth-order valence-electron chi connectivity index (χ4n) is 4.00. The lowest BCUT2D eigenvalue weighted by molar-refractivity contribution is 0.0952. The number of aromatic nitrogens is 3. The van der Waals surface area contributed by atoms with Crippen molar-refractivity contribution in [2.24, 2.45) is 0 Å². The van der Waals surface area contributed by atoms with E-state index in [1.165, 1.54) is 0 Å². The lowest BCUT2D eigenvalue weighted by Gasteiger charge is -2.12. The van der Waals surface area contributed by atoms with Gasteiger partial charge in [0, 0.05) is 17.7 Å². The molecule has 0 aliphatic heterocycles. The molecule has 0 fully saturated rings. The number of ether oxygens (including phenoxy) is 1. The minimum Gasteiger partial charge on any atom is -0.496 e. The maximum atomic E-state index is 13.5. The van der Waals surface area contributed by atoms with Gasteiger partial charge in [-0.25, -0.2) is 4.98 Å². The summed E-state index contributed by atoms with van der Waals surface area (Å²) in [4.78, 5) is 18.3. The number of nitrogens with zero attached hydrogens (tertiary/aromatic N) is 2. The van der Waals surface area contributed by atoms with Gasteiger partial charge in [0.2, 0.25) is 0 Å². The van der Waals surface area contributed by atoms with Gasteiger partial charge in [-0.3, -0.25) is 9.89 Å². The number of benzene rings is 3. The average molecular weight is 449 g/mol. The molecule has 0 aliphatic carbocycles. The molecule has 0 atom stereocenters. The number of methoxy groups -OCH3 is 1. The van der Waals surface area contributed by atoms with E-state index in [1.54, 1.807) is 7.11 Å². The van der Waals surface area contributed by atoms with Crippen LogP contribution >= 0.6 is 0 Å². The van der Waals surface area contributed by atoms with Crippen LogP contribution in [0.5, 0.6) is 5.75 Å². The molecule has 3 aromatic carbocycles. The van der Waals surface area contributed by atoms with Gasteiger partial charge >= 0.3 is 0 Å². The molecule has 0 saturated heterocycles. The summed E-state index contributed by atoms with van der Waals surface area (Å²) in [7, 11) is 1.62. The second kappa shape index (κ2) is 9.19. The van der Waals surface area contributed by atoms with Gasteiger partial charge in [0.05, 0.1) is 29.4 Å². The van der Waals surface area contributed by atoms with Crippen molar-refractivity contribution in [1.82, 2.24) is 20.5 Å². The van der Waals surface area contributed by atoms with Crippen molar-refractivity contribution >= 4 is 16.9 Å². The van der Waals surface area contributed by atoms with E-state index >= 15 is 0 Å². The molecule has 0 radical (unpaired) electrons. The number of fused-ring (bicyclic) bond motifs is 1. The Kier molecular flexibility index (Phi) is 5.79. The monoisotopic (exact) mass is 448 g/mol. The molecule has 6 nitrogen and oxygen atoms in total. The molecule has 34 heavy (non-hydrogen) atoms. The fourth-order valence-corrected chi connectivity index (χ4v) is 4.00. The van der Waals surface area contributed by atoms with Crippen molar-refractivity contribution in [3.8, 4) is 28.3 Å². The van der Waals surface area contributed by atoms with Crippen LogP contribution in [0.3, 0.4) is 0 Å². The Morgan fingerprint density at radius 2 is 1.71 bits per heavy atom. The highest BCUT2D eigenvalue weighted by atomic mass is 16.5. The Morgan fingerprint density at radius 3 is 2.47 bits per heavy atom. The molecular formula is C28H24N4O2. The molecule has 1 amide bonds. The normalized spacial score (nSPS) is 10.9. The van der Waals surface area contributed by atoms with Gasteiger partial charge in [-0.15, -0.1) is 0 Å². The SMILES string of the molecule is COc1ccccc1-c1cc(C(=O)NCc2ccccc2)c2c(-c3ccc(C)cc3)[nH]nc2n1. The first kappa shape index (κ1) is 21.4. The molecule has 2 N–H and O–H groups in total. The minimum absolute atomic E-state index is 0.192. The Hall–Kier alpha value is -4.45. The largest absolute Gasteiger partial charge is 0.496 e. The fraction of sp³-hybridized carbons (Fsp3) is 0.107. The summed E-state index contributed by atoms with van der Waals surface area (Å²) in [5.41, 5.74) is 6.29. The molecule has 0 unspecified atom stereocenters. The number of amides is 1. The minimum atomic E-state index is -0.192. The van der Waals surface area contributed by atoms with Crippen LogP contribution in [0.4, 0.5) is 0 Å². The van der Waals surface area contributed by atoms with Gasteiger partial charge in [0.25, 0.3) is 5.91 Å². The molecule has 2 heterocycles. The zero-order chi connectivity index (χ0) is 23.5. The van der Waals surface area contributed by atoms with Crippen LogP contribution in [-0.2, 0) is 6.54 Å². The number of para-hydroxylation sites is 1. The molecular weight excluding hydrogens is 424 g/mol. The summed E-state index contributed by atoms with van der Waals surface area (Å²) in [6, 6.07) is 27.4. The van der Waals surface area contributed by atoms with Crippen molar-refractivity contribution in [3.05, 3.63) is 102 Å². The topological polar surface area (TPSA) is 79.9 Å². The summed E-state index contributed by atoms with van der Waals surface area (Å²) in [6.07, 6.45) is 0. The third-order valence-electron chi connectivity index (χ3n) is 5.79. The number of carbonyl (C=O) groups is 1. The maximum Gasteiger partial charge on any atom is 0.252 e. The average Bonchev–Trinajstić information content (AvgIpc) is 3.32. The van der Waals surface area contributed by atoms with Gasteiger partial charge in [0.1, 0.15) is 5.75 Å². The number of rotatable bonds is 6. The Morgan fingerprint density at radius 1 is 0.971 bits per heavy atom. The summed E-state index contributed by atoms with van der Waals surface area (Å²) >= 11 is 0. The van der Waals surface area contributed by atoms with Crippen LogP contribution < -0.4 is 10.1 Å². The van der Waals surface area contributed by atoms with Crippen molar-refractivity contribution in [1.29, 1.82) is 0 Å². The van der Waals surface area contributed by atoms with Gasteiger partial charge in [-0.2, -0.15) is 5.10 Å². The van der Waals surface area contributed by atoms with E-state index < -0.39 is 0 Å². The highest BCUT2D eigenvalue weighted by molar-refractivity contribution is 6.11. The summed E-state index contributed by atoms with van der Waals surface area (Å²) < 4.78 is 5.53. The lowest BCUT2D eigenvalue weighted by Crippen LogP contribution is -2.23. The van der Waals surface area contributed by atoms with Crippen LogP contribution in [0.15, 0.2) is 84.9 Å². The molecule has 6 heteroatoms. The van der Waals surface area contributed by atoms with E-state index in [0.717, 1.165) is 27.9 Å². The number of H-pyrrole nitrogens is 1. The first-order chi connectivity index (χ1) is 16.6. The third kappa shape index (κ3) is 4.13. The van der Waals surface area contributed by atoms with Crippen molar-refractivity contribution in [3.63, 3.8) is 0 Å². The quantitative estimate of drug-likeness (QED) is 0.357. The van der Waals surface area contributed by atoms with E-state index in [9.17, 15) is 4.79 Å². The predicted octanol–water partition coefficient (Wildman–Crippen LogP) is 5.54. The highest BCUT2D eigenvalue weighted by Gasteiger charge is 2.21. The molecule has 5 aromatic rings. The molecule has 168 valence electrons. The maximum absolute atomic E-state index is 13.5. The summed E-state index contributed by atoms with van der Waals surface area (Å²) in [5, 5.41) is 11.3. The van der Waals surface area contributed by atoms with E-state index in [-0.39, 0.29) is 5.91 Å². The molecule has 0 spiro atoms. The number of aryl methyl sites for hydroxylation is 1. The number of hydrogen-bond acceptors (Lipinski definition) is 4. The van der Waals surface area contributed by atoms with E-state index in [4.69, 9.17) is 9.72 Å². The Bertz CT molecular complexity index is 1460. The third-order valence-corrected chi connectivity index (χ3v) is 5.79. The van der Waals surface area contributed by atoms with Crippen LogP contribution in [0.25, 0.3) is 33.5 Å².